The Morgan fingerprint density at radius 3 is 2.55 bits per heavy atom. The molecule has 2 rings (SSSR count). The standard InChI is InChI=1S/C17H14Cl2O3/c1-21-16-5-3-4-11(17(16)22-2)6-9-15(20)13-10-12(18)7-8-14(13)19/h3-10H,1-2H3/b9-6+. The highest BCUT2D eigenvalue weighted by atomic mass is 35.5. The van der Waals surface area contributed by atoms with Crippen molar-refractivity contribution in [2.75, 3.05) is 14.2 Å². The highest BCUT2D eigenvalue weighted by molar-refractivity contribution is 6.36. The van der Waals surface area contributed by atoms with Crippen LogP contribution < -0.4 is 9.47 Å². The summed E-state index contributed by atoms with van der Waals surface area (Å²) in [5, 5.41) is 0.816. The van der Waals surface area contributed by atoms with Crippen LogP contribution in [0.5, 0.6) is 11.5 Å². The van der Waals surface area contributed by atoms with Gasteiger partial charge in [0.25, 0.3) is 0 Å². The smallest absolute Gasteiger partial charge is 0.187 e. The first kappa shape index (κ1) is 16.4. The molecule has 0 atom stereocenters. The van der Waals surface area contributed by atoms with Crippen LogP contribution >= 0.6 is 23.2 Å². The minimum Gasteiger partial charge on any atom is -0.493 e. The molecule has 5 heteroatoms. The van der Waals surface area contributed by atoms with Crippen molar-refractivity contribution >= 4 is 35.1 Å². The summed E-state index contributed by atoms with van der Waals surface area (Å²) in [5.41, 5.74) is 1.08. The second kappa shape index (κ2) is 7.34. The van der Waals surface area contributed by atoms with Gasteiger partial charge >= 0.3 is 0 Å². The molecule has 0 heterocycles. The first-order chi connectivity index (χ1) is 10.6. The number of hydrogen-bond donors (Lipinski definition) is 0. The maximum atomic E-state index is 12.2. The van der Waals surface area contributed by atoms with Gasteiger partial charge in [-0.25, -0.2) is 0 Å². The zero-order valence-corrected chi connectivity index (χ0v) is 13.6. The lowest BCUT2D eigenvalue weighted by molar-refractivity contribution is 0.104. The van der Waals surface area contributed by atoms with Gasteiger partial charge < -0.3 is 9.47 Å². The molecule has 0 amide bonds. The van der Waals surface area contributed by atoms with Crippen molar-refractivity contribution in [3.8, 4) is 11.5 Å². The summed E-state index contributed by atoms with van der Waals surface area (Å²) < 4.78 is 10.5. The van der Waals surface area contributed by atoms with E-state index in [1.54, 1.807) is 44.6 Å². The Hall–Kier alpha value is -1.97. The maximum Gasteiger partial charge on any atom is 0.187 e. The molecule has 114 valence electrons. The fourth-order valence-electron chi connectivity index (χ4n) is 1.98. The van der Waals surface area contributed by atoms with Crippen molar-refractivity contribution in [2.24, 2.45) is 0 Å². The van der Waals surface area contributed by atoms with Gasteiger partial charge in [-0.3, -0.25) is 4.79 Å². The Kier molecular flexibility index (Phi) is 5.47. The third-order valence-corrected chi connectivity index (χ3v) is 3.61. The van der Waals surface area contributed by atoms with Gasteiger partial charge in [0.1, 0.15) is 0 Å². The summed E-state index contributed by atoms with van der Waals surface area (Å²) in [6, 6.07) is 10.2. The first-order valence-corrected chi connectivity index (χ1v) is 7.21. The molecule has 0 aromatic heterocycles. The van der Waals surface area contributed by atoms with Gasteiger partial charge in [0, 0.05) is 16.1 Å². The number of ether oxygens (including phenoxy) is 2. The number of rotatable bonds is 5. The Morgan fingerprint density at radius 2 is 1.86 bits per heavy atom. The van der Waals surface area contributed by atoms with Crippen LogP contribution in [0.3, 0.4) is 0 Å². The largest absolute Gasteiger partial charge is 0.493 e. The normalized spacial score (nSPS) is 10.7. The third kappa shape index (κ3) is 3.62. The van der Waals surface area contributed by atoms with Crippen molar-refractivity contribution in [2.45, 2.75) is 0 Å². The van der Waals surface area contributed by atoms with Gasteiger partial charge in [-0.15, -0.1) is 0 Å². The van der Waals surface area contributed by atoms with Crippen LogP contribution in [0.4, 0.5) is 0 Å². The topological polar surface area (TPSA) is 35.5 Å². The van der Waals surface area contributed by atoms with Crippen LogP contribution in [-0.2, 0) is 0 Å². The SMILES string of the molecule is COc1cccc(/C=C/C(=O)c2cc(Cl)ccc2Cl)c1OC. The summed E-state index contributed by atoms with van der Waals surface area (Å²) in [7, 11) is 3.10. The van der Waals surface area contributed by atoms with E-state index in [2.05, 4.69) is 0 Å². The third-order valence-electron chi connectivity index (χ3n) is 3.04. The number of halogens is 2. The summed E-state index contributed by atoms with van der Waals surface area (Å²) >= 11 is 11.9. The highest BCUT2D eigenvalue weighted by Gasteiger charge is 2.10. The Labute approximate surface area is 139 Å². The predicted octanol–water partition coefficient (Wildman–Crippen LogP) is 4.91. The molecule has 2 aromatic rings. The molecule has 0 radical (unpaired) electrons. The van der Waals surface area contributed by atoms with E-state index >= 15 is 0 Å². The van der Waals surface area contributed by atoms with E-state index in [0.717, 1.165) is 5.56 Å². The van der Waals surface area contributed by atoms with Gasteiger partial charge in [0.05, 0.1) is 19.2 Å². The van der Waals surface area contributed by atoms with E-state index in [4.69, 9.17) is 32.7 Å². The van der Waals surface area contributed by atoms with Gasteiger partial charge in [0.2, 0.25) is 0 Å². The monoisotopic (exact) mass is 336 g/mol. The van der Waals surface area contributed by atoms with Crippen molar-refractivity contribution in [1.29, 1.82) is 0 Å². The van der Waals surface area contributed by atoms with Crippen LogP contribution in [-0.4, -0.2) is 20.0 Å². The Morgan fingerprint density at radius 1 is 1.09 bits per heavy atom. The minimum atomic E-state index is -0.239. The van der Waals surface area contributed by atoms with E-state index in [1.165, 1.54) is 6.08 Å². The molecule has 0 aliphatic carbocycles. The molecule has 0 aliphatic rings. The van der Waals surface area contributed by atoms with Crippen LogP contribution in [0.1, 0.15) is 15.9 Å². The van der Waals surface area contributed by atoms with Crippen LogP contribution in [0, 0.1) is 0 Å². The lowest BCUT2D eigenvalue weighted by Crippen LogP contribution is -1.96. The van der Waals surface area contributed by atoms with Gasteiger partial charge in [0.15, 0.2) is 17.3 Å². The number of carbonyl (C=O) groups is 1. The van der Waals surface area contributed by atoms with Gasteiger partial charge in [-0.05, 0) is 36.4 Å². The summed E-state index contributed by atoms with van der Waals surface area (Å²) in [6.07, 6.45) is 3.08. The number of benzene rings is 2. The van der Waals surface area contributed by atoms with Crippen LogP contribution in [0.2, 0.25) is 10.0 Å². The minimum absolute atomic E-state index is 0.239. The quantitative estimate of drug-likeness (QED) is 0.575. The molecule has 0 aliphatic heterocycles. The molecule has 22 heavy (non-hydrogen) atoms. The number of carbonyl (C=O) groups excluding carboxylic acids is 1. The number of para-hydroxylation sites is 1. The highest BCUT2D eigenvalue weighted by Crippen LogP contribution is 2.31. The molecule has 3 nitrogen and oxygen atoms in total. The van der Waals surface area contributed by atoms with Crippen molar-refractivity contribution in [1.82, 2.24) is 0 Å². The summed E-state index contributed by atoms with van der Waals surface area (Å²) in [6.45, 7) is 0. The zero-order valence-electron chi connectivity index (χ0n) is 12.1. The predicted molar refractivity (Wildman–Crippen MR) is 89.4 cm³/mol. The molecule has 0 unspecified atom stereocenters. The second-order valence-electron chi connectivity index (χ2n) is 4.40. The molecule has 0 saturated heterocycles. The van der Waals surface area contributed by atoms with Crippen LogP contribution in [0.25, 0.3) is 6.08 Å². The number of hydrogen-bond acceptors (Lipinski definition) is 3. The van der Waals surface area contributed by atoms with Crippen LogP contribution in [0.15, 0.2) is 42.5 Å². The van der Waals surface area contributed by atoms with E-state index in [0.29, 0.717) is 27.1 Å². The molecule has 2 aromatic carbocycles. The van der Waals surface area contributed by atoms with Crippen molar-refractivity contribution in [3.05, 3.63) is 63.6 Å². The summed E-state index contributed by atoms with van der Waals surface area (Å²) in [5.74, 6) is 0.918. The first-order valence-electron chi connectivity index (χ1n) is 6.45. The number of methoxy groups -OCH3 is 2. The Balaban J connectivity index is 2.32. The molecular weight excluding hydrogens is 323 g/mol. The van der Waals surface area contributed by atoms with Gasteiger partial charge in [-0.2, -0.15) is 0 Å². The number of allylic oxidation sites excluding steroid dienone is 1. The second-order valence-corrected chi connectivity index (χ2v) is 5.25. The molecule has 0 bridgehead atoms. The van der Waals surface area contributed by atoms with Crippen molar-refractivity contribution < 1.29 is 14.3 Å². The molecule has 0 spiro atoms. The molecular formula is C17H14Cl2O3. The zero-order chi connectivity index (χ0) is 16.1. The maximum absolute atomic E-state index is 12.2. The Bertz CT molecular complexity index is 724. The van der Waals surface area contributed by atoms with E-state index < -0.39 is 0 Å². The number of ketones is 1. The lowest BCUT2D eigenvalue weighted by atomic mass is 10.1. The van der Waals surface area contributed by atoms with E-state index in [1.807, 2.05) is 12.1 Å². The molecule has 0 saturated carbocycles. The average Bonchev–Trinajstić information content (AvgIpc) is 2.54. The van der Waals surface area contributed by atoms with E-state index in [9.17, 15) is 4.79 Å². The van der Waals surface area contributed by atoms with Gasteiger partial charge in [-0.1, -0.05) is 35.3 Å². The summed E-state index contributed by atoms with van der Waals surface area (Å²) in [4.78, 5) is 12.2. The average molecular weight is 337 g/mol. The fourth-order valence-corrected chi connectivity index (χ4v) is 2.37. The molecule has 0 N–H and O–H groups in total. The van der Waals surface area contributed by atoms with E-state index in [-0.39, 0.29) is 5.78 Å². The lowest BCUT2D eigenvalue weighted by Gasteiger charge is -2.09. The van der Waals surface area contributed by atoms with Crippen molar-refractivity contribution in [3.63, 3.8) is 0 Å². The fraction of sp³-hybridized carbons (Fsp3) is 0.118. The molecule has 0 fully saturated rings.